The second kappa shape index (κ2) is 23.0. The Bertz CT molecular complexity index is 376. The predicted molar refractivity (Wildman–Crippen MR) is 126 cm³/mol. The van der Waals surface area contributed by atoms with E-state index in [0.717, 1.165) is 0 Å². The van der Waals surface area contributed by atoms with Crippen molar-refractivity contribution in [1.29, 1.82) is 0 Å². The van der Waals surface area contributed by atoms with Crippen LogP contribution >= 0.6 is 37.9 Å². The van der Waals surface area contributed by atoms with E-state index in [9.17, 15) is 14.4 Å². The molecule has 0 saturated heterocycles. The molecule has 0 aromatic rings. The molecule has 0 rings (SSSR count). The molecule has 12 heteroatoms. The number of rotatable bonds is 10. The summed E-state index contributed by atoms with van der Waals surface area (Å²) in [4.78, 5) is 29.3. The number of carboxylic acid groups (broad SMARTS) is 3. The van der Waals surface area contributed by atoms with Crippen LogP contribution in [0.25, 0.3) is 0 Å². The molecule has 3 unspecified atom stereocenters. The molecular formula is C18H38O9S3. The Morgan fingerprint density at radius 3 is 0.867 bits per heavy atom. The molecule has 0 amide bonds. The first-order chi connectivity index (χ1) is 13.6. The average Bonchev–Trinajstić information content (AvgIpc) is 2.55. The molecule has 0 saturated carbocycles. The first-order valence-corrected chi connectivity index (χ1v) is 10.7. The maximum absolute atomic E-state index is 9.76. The summed E-state index contributed by atoms with van der Waals surface area (Å²) in [6, 6.07) is 0. The summed E-state index contributed by atoms with van der Waals surface area (Å²) in [5.74, 6) is -2.37. The molecule has 0 heterocycles. The van der Waals surface area contributed by atoms with Gasteiger partial charge in [0, 0.05) is 21.2 Å². The van der Waals surface area contributed by atoms with Crippen molar-refractivity contribution >= 4 is 55.8 Å². The van der Waals surface area contributed by atoms with Crippen LogP contribution in [-0.2, 0) is 14.4 Å². The molecule has 3 atom stereocenters. The van der Waals surface area contributed by atoms with E-state index in [1.54, 1.807) is 20.8 Å². The SMILES string of the molecule is CC(S)CC(=O)O.CC(S)CC(=O)O.CC(S)CC(=O)O.CCC(CO)(CO)CO. The number of carboxylic acids is 3. The average molecular weight is 495 g/mol. The number of hydrogen-bond acceptors (Lipinski definition) is 9. The van der Waals surface area contributed by atoms with Crippen LogP contribution in [0.15, 0.2) is 0 Å². The van der Waals surface area contributed by atoms with Gasteiger partial charge in [-0.05, 0) is 6.42 Å². The van der Waals surface area contributed by atoms with Gasteiger partial charge in [-0.2, -0.15) is 37.9 Å². The lowest BCUT2D eigenvalue weighted by Gasteiger charge is -2.24. The summed E-state index contributed by atoms with van der Waals surface area (Å²) in [5.41, 5.74) is -0.667. The summed E-state index contributed by atoms with van der Waals surface area (Å²) in [6.45, 7) is 6.60. The highest BCUT2D eigenvalue weighted by molar-refractivity contribution is 7.81. The van der Waals surface area contributed by atoms with Gasteiger partial charge in [0.05, 0.1) is 39.1 Å². The molecule has 0 fully saturated rings. The van der Waals surface area contributed by atoms with Gasteiger partial charge in [-0.1, -0.05) is 27.7 Å². The van der Waals surface area contributed by atoms with Crippen molar-refractivity contribution in [2.45, 2.75) is 69.1 Å². The fourth-order valence-electron chi connectivity index (χ4n) is 1.24. The highest BCUT2D eigenvalue weighted by atomic mass is 32.1. The van der Waals surface area contributed by atoms with Gasteiger partial charge in [-0.25, -0.2) is 0 Å². The molecular weight excluding hydrogens is 456 g/mol. The predicted octanol–water partition coefficient (Wildman–Crippen LogP) is 1.70. The Balaban J connectivity index is -0.000000151. The van der Waals surface area contributed by atoms with Crippen molar-refractivity contribution in [3.05, 3.63) is 0 Å². The highest BCUT2D eigenvalue weighted by Crippen LogP contribution is 2.18. The van der Waals surface area contributed by atoms with E-state index in [1.807, 2.05) is 6.92 Å². The van der Waals surface area contributed by atoms with Crippen molar-refractivity contribution < 1.29 is 45.0 Å². The largest absolute Gasteiger partial charge is 0.481 e. The third-order valence-electron chi connectivity index (χ3n) is 3.17. The van der Waals surface area contributed by atoms with Crippen LogP contribution in [0.1, 0.15) is 53.4 Å². The van der Waals surface area contributed by atoms with Crippen LogP contribution in [0.5, 0.6) is 0 Å². The number of aliphatic hydroxyl groups excluding tert-OH is 3. The highest BCUT2D eigenvalue weighted by Gasteiger charge is 2.24. The molecule has 0 aliphatic heterocycles. The van der Waals surface area contributed by atoms with Gasteiger partial charge < -0.3 is 30.6 Å². The zero-order valence-corrected chi connectivity index (χ0v) is 20.6. The van der Waals surface area contributed by atoms with Crippen molar-refractivity contribution in [2.75, 3.05) is 19.8 Å². The zero-order valence-electron chi connectivity index (χ0n) is 17.9. The number of thiol groups is 3. The number of hydrogen-bond donors (Lipinski definition) is 9. The Morgan fingerprint density at radius 2 is 0.867 bits per heavy atom. The van der Waals surface area contributed by atoms with Gasteiger partial charge in [0.2, 0.25) is 0 Å². The summed E-state index contributed by atoms with van der Waals surface area (Å²) in [7, 11) is 0. The summed E-state index contributed by atoms with van der Waals surface area (Å²) in [5, 5.41) is 50.0. The van der Waals surface area contributed by atoms with Crippen LogP contribution < -0.4 is 0 Å². The topological polar surface area (TPSA) is 173 Å². The van der Waals surface area contributed by atoms with Crippen LogP contribution in [-0.4, -0.2) is 84.1 Å². The van der Waals surface area contributed by atoms with Crippen molar-refractivity contribution in [1.82, 2.24) is 0 Å². The summed E-state index contributed by atoms with van der Waals surface area (Å²) in [6.07, 6.45) is 1.02. The molecule has 182 valence electrons. The number of aliphatic hydroxyl groups is 3. The Labute approximate surface area is 195 Å². The van der Waals surface area contributed by atoms with Gasteiger partial charge in [-0.3, -0.25) is 14.4 Å². The first-order valence-electron chi connectivity index (χ1n) is 9.15. The second-order valence-corrected chi connectivity index (χ2v) is 9.31. The second-order valence-electron chi connectivity index (χ2n) is 6.67. The minimum absolute atomic E-state index is 0.0301. The maximum Gasteiger partial charge on any atom is 0.304 e. The fourth-order valence-corrected chi connectivity index (χ4v) is 1.71. The molecule has 30 heavy (non-hydrogen) atoms. The minimum Gasteiger partial charge on any atom is -0.481 e. The van der Waals surface area contributed by atoms with Gasteiger partial charge in [0.1, 0.15) is 0 Å². The third-order valence-corrected chi connectivity index (χ3v) is 3.71. The molecule has 0 aromatic heterocycles. The van der Waals surface area contributed by atoms with Crippen molar-refractivity contribution in [2.24, 2.45) is 5.41 Å². The lowest BCUT2D eigenvalue weighted by atomic mass is 9.88. The molecule has 6 N–H and O–H groups in total. The fraction of sp³-hybridized carbons (Fsp3) is 0.833. The normalized spacial score (nSPS) is 13.0. The molecule has 0 aromatic carbocycles. The van der Waals surface area contributed by atoms with Gasteiger partial charge >= 0.3 is 17.9 Å². The third kappa shape index (κ3) is 34.8. The number of carbonyl (C=O) groups is 3. The molecule has 9 nitrogen and oxygen atoms in total. The lowest BCUT2D eigenvalue weighted by Crippen LogP contribution is -2.32. The molecule has 0 radical (unpaired) electrons. The van der Waals surface area contributed by atoms with Crippen LogP contribution in [0, 0.1) is 5.41 Å². The Kier molecular flexibility index (Phi) is 28.2. The maximum atomic E-state index is 9.76. The van der Waals surface area contributed by atoms with Crippen LogP contribution in [0.3, 0.4) is 0 Å². The molecule has 0 aliphatic carbocycles. The van der Waals surface area contributed by atoms with E-state index in [-0.39, 0.29) is 54.8 Å². The van der Waals surface area contributed by atoms with E-state index >= 15 is 0 Å². The van der Waals surface area contributed by atoms with Gasteiger partial charge in [0.15, 0.2) is 0 Å². The zero-order chi connectivity index (χ0) is 24.9. The van der Waals surface area contributed by atoms with Gasteiger partial charge in [-0.15, -0.1) is 0 Å². The van der Waals surface area contributed by atoms with Crippen LogP contribution in [0.4, 0.5) is 0 Å². The Morgan fingerprint density at radius 1 is 0.667 bits per heavy atom. The van der Waals surface area contributed by atoms with Gasteiger partial charge in [0.25, 0.3) is 0 Å². The van der Waals surface area contributed by atoms with E-state index in [0.29, 0.717) is 6.42 Å². The molecule has 0 bridgehead atoms. The molecule has 0 aliphatic rings. The smallest absolute Gasteiger partial charge is 0.304 e. The first kappa shape index (κ1) is 36.7. The quantitative estimate of drug-likeness (QED) is 0.205. The minimum atomic E-state index is -0.789. The van der Waals surface area contributed by atoms with Crippen molar-refractivity contribution in [3.8, 4) is 0 Å². The van der Waals surface area contributed by atoms with E-state index in [2.05, 4.69) is 37.9 Å². The lowest BCUT2D eigenvalue weighted by molar-refractivity contribution is -0.137. The monoisotopic (exact) mass is 494 g/mol. The number of aliphatic carboxylic acids is 3. The van der Waals surface area contributed by atoms with E-state index in [4.69, 9.17) is 30.6 Å². The van der Waals surface area contributed by atoms with E-state index < -0.39 is 23.3 Å². The standard InChI is InChI=1S/C6H14O3.3C4H8O2S/c1-2-6(3-7,4-8)5-9;3*1-3(7)2-4(5)6/h7-9H,2-5H2,1H3;3*3,7H,2H2,1H3,(H,5,6). The molecule has 0 spiro atoms. The van der Waals surface area contributed by atoms with Crippen LogP contribution in [0.2, 0.25) is 0 Å². The van der Waals surface area contributed by atoms with Crippen molar-refractivity contribution in [3.63, 3.8) is 0 Å². The van der Waals surface area contributed by atoms with E-state index in [1.165, 1.54) is 0 Å². The summed E-state index contributed by atoms with van der Waals surface area (Å²) >= 11 is 11.6. The summed E-state index contributed by atoms with van der Waals surface area (Å²) < 4.78 is 0. The Hall–Kier alpha value is -0.660.